The Kier molecular flexibility index (Phi) is 7.23. The van der Waals surface area contributed by atoms with E-state index in [0.29, 0.717) is 13.0 Å². The molecule has 1 unspecified atom stereocenters. The second-order valence-electron chi connectivity index (χ2n) is 7.01. The second-order valence-corrected chi connectivity index (χ2v) is 7.01. The molecule has 3 rings (SSSR count). The van der Waals surface area contributed by atoms with Crippen LogP contribution in [0, 0.1) is 11.3 Å². The summed E-state index contributed by atoms with van der Waals surface area (Å²) in [6, 6.07) is 20.1. The Bertz CT molecular complexity index is 719. The van der Waals surface area contributed by atoms with E-state index in [4.69, 9.17) is 10.00 Å². The molecule has 1 aliphatic heterocycles. The molecule has 142 valence electrons. The molecule has 0 radical (unpaired) electrons. The molecular weight excluding hydrogens is 338 g/mol. The summed E-state index contributed by atoms with van der Waals surface area (Å²) in [6.45, 7) is 5.86. The summed E-state index contributed by atoms with van der Waals surface area (Å²) in [5, 5.41) is 19.0. The van der Waals surface area contributed by atoms with Crippen LogP contribution in [-0.2, 0) is 13.0 Å². The number of hydrogen-bond donors (Lipinski definition) is 1. The first-order valence-corrected chi connectivity index (χ1v) is 9.48. The van der Waals surface area contributed by atoms with Gasteiger partial charge in [-0.05, 0) is 23.3 Å². The van der Waals surface area contributed by atoms with Crippen molar-refractivity contribution in [1.82, 2.24) is 9.80 Å². The summed E-state index contributed by atoms with van der Waals surface area (Å²) < 4.78 is 5.67. The van der Waals surface area contributed by atoms with Crippen LogP contribution in [0.5, 0.6) is 5.75 Å². The molecule has 2 aromatic rings. The molecular formula is C22H27N3O2. The van der Waals surface area contributed by atoms with Gasteiger partial charge in [0.15, 0.2) is 0 Å². The van der Waals surface area contributed by atoms with Crippen LogP contribution in [0.25, 0.3) is 0 Å². The maximum atomic E-state index is 10.3. The lowest BCUT2D eigenvalue weighted by Gasteiger charge is -2.35. The molecule has 5 heteroatoms. The Labute approximate surface area is 161 Å². The van der Waals surface area contributed by atoms with E-state index in [1.165, 1.54) is 5.56 Å². The van der Waals surface area contributed by atoms with E-state index in [1.807, 2.05) is 30.3 Å². The first kappa shape index (κ1) is 19.4. The van der Waals surface area contributed by atoms with Crippen LogP contribution in [0.3, 0.4) is 0 Å². The summed E-state index contributed by atoms with van der Waals surface area (Å²) in [7, 11) is 0. The van der Waals surface area contributed by atoms with Gasteiger partial charge in [-0.1, -0.05) is 42.5 Å². The fraction of sp³-hybridized carbons (Fsp3) is 0.409. The van der Waals surface area contributed by atoms with Crippen LogP contribution in [0.4, 0.5) is 0 Å². The number of β-amino-alcohol motifs (C(OH)–C–C–N with tert-alkyl or cyclic N) is 1. The van der Waals surface area contributed by atoms with E-state index >= 15 is 0 Å². The van der Waals surface area contributed by atoms with E-state index in [2.05, 4.69) is 40.1 Å². The van der Waals surface area contributed by atoms with Crippen molar-refractivity contribution in [3.63, 3.8) is 0 Å². The predicted molar refractivity (Wildman–Crippen MR) is 105 cm³/mol. The average Bonchev–Trinajstić information content (AvgIpc) is 2.70. The molecule has 2 aromatic carbocycles. The Hall–Kier alpha value is -2.39. The third-order valence-corrected chi connectivity index (χ3v) is 4.83. The monoisotopic (exact) mass is 365 g/mol. The quantitative estimate of drug-likeness (QED) is 0.778. The number of aliphatic hydroxyl groups is 1. The maximum Gasteiger partial charge on any atom is 0.119 e. The number of nitriles is 1. The van der Waals surface area contributed by atoms with Gasteiger partial charge in [-0.25, -0.2) is 0 Å². The molecule has 0 spiro atoms. The lowest BCUT2D eigenvalue weighted by molar-refractivity contribution is 0.0446. The topological polar surface area (TPSA) is 59.7 Å². The van der Waals surface area contributed by atoms with Crippen molar-refractivity contribution in [2.75, 3.05) is 39.3 Å². The van der Waals surface area contributed by atoms with Crippen LogP contribution in [0.2, 0.25) is 0 Å². The van der Waals surface area contributed by atoms with Crippen LogP contribution in [0.1, 0.15) is 11.1 Å². The number of nitrogens with zero attached hydrogens (tertiary/aromatic N) is 3. The third kappa shape index (κ3) is 6.37. The highest BCUT2D eigenvalue weighted by atomic mass is 16.5. The Morgan fingerprint density at radius 3 is 2.26 bits per heavy atom. The van der Waals surface area contributed by atoms with E-state index in [0.717, 1.165) is 44.0 Å². The van der Waals surface area contributed by atoms with Gasteiger partial charge >= 0.3 is 0 Å². The van der Waals surface area contributed by atoms with Gasteiger partial charge < -0.3 is 9.84 Å². The molecule has 5 nitrogen and oxygen atoms in total. The molecule has 1 fully saturated rings. The largest absolute Gasteiger partial charge is 0.491 e. The molecule has 0 amide bonds. The molecule has 1 aliphatic rings. The molecule has 1 heterocycles. The summed E-state index contributed by atoms with van der Waals surface area (Å²) in [5.74, 6) is 0.725. The number of piperazine rings is 1. The van der Waals surface area contributed by atoms with Gasteiger partial charge in [0.25, 0.3) is 0 Å². The first-order valence-electron chi connectivity index (χ1n) is 9.48. The second kappa shape index (κ2) is 10.1. The summed E-state index contributed by atoms with van der Waals surface area (Å²) in [5.41, 5.74) is 2.32. The van der Waals surface area contributed by atoms with Gasteiger partial charge in [-0.15, -0.1) is 0 Å². The van der Waals surface area contributed by atoms with Gasteiger partial charge in [0, 0.05) is 39.3 Å². The van der Waals surface area contributed by atoms with E-state index in [9.17, 15) is 5.11 Å². The molecule has 1 saturated heterocycles. The van der Waals surface area contributed by atoms with E-state index < -0.39 is 6.10 Å². The fourth-order valence-corrected chi connectivity index (χ4v) is 3.31. The van der Waals surface area contributed by atoms with Gasteiger partial charge in [0.1, 0.15) is 18.5 Å². The summed E-state index contributed by atoms with van der Waals surface area (Å²) in [4.78, 5) is 4.75. The van der Waals surface area contributed by atoms with Crippen LogP contribution < -0.4 is 4.74 Å². The van der Waals surface area contributed by atoms with Crippen molar-refractivity contribution in [3.05, 3.63) is 65.7 Å². The Morgan fingerprint density at radius 1 is 0.926 bits per heavy atom. The first-order chi connectivity index (χ1) is 13.2. The highest BCUT2D eigenvalue weighted by Gasteiger charge is 2.19. The molecule has 0 saturated carbocycles. The molecule has 0 bridgehead atoms. The SMILES string of the molecule is N#CCc1ccc(OCC(O)CN2CCN(Cc3ccccc3)CC2)cc1. The van der Waals surface area contributed by atoms with Gasteiger partial charge in [-0.3, -0.25) is 9.80 Å². The number of hydrogen-bond acceptors (Lipinski definition) is 5. The number of benzene rings is 2. The zero-order chi connectivity index (χ0) is 18.9. The van der Waals surface area contributed by atoms with Crippen LogP contribution in [-0.4, -0.2) is 60.3 Å². The molecule has 1 atom stereocenters. The molecule has 0 aliphatic carbocycles. The number of ether oxygens (including phenoxy) is 1. The van der Waals surface area contributed by atoms with Crippen LogP contribution >= 0.6 is 0 Å². The predicted octanol–water partition coefficient (Wildman–Crippen LogP) is 2.31. The molecule has 1 N–H and O–H groups in total. The van der Waals surface area contributed by atoms with Gasteiger partial charge in [0.05, 0.1) is 12.5 Å². The summed E-state index contributed by atoms with van der Waals surface area (Å²) >= 11 is 0. The lowest BCUT2D eigenvalue weighted by Crippen LogP contribution is -2.48. The average molecular weight is 365 g/mol. The van der Waals surface area contributed by atoms with Crippen LogP contribution in [0.15, 0.2) is 54.6 Å². The number of aliphatic hydroxyl groups excluding tert-OH is 1. The Morgan fingerprint density at radius 2 is 1.59 bits per heavy atom. The normalized spacial score (nSPS) is 16.6. The van der Waals surface area contributed by atoms with E-state index in [-0.39, 0.29) is 6.61 Å². The highest BCUT2D eigenvalue weighted by Crippen LogP contribution is 2.13. The minimum Gasteiger partial charge on any atom is -0.491 e. The molecule has 27 heavy (non-hydrogen) atoms. The molecule has 0 aromatic heterocycles. The summed E-state index contributed by atoms with van der Waals surface area (Å²) in [6.07, 6.45) is -0.108. The van der Waals surface area contributed by atoms with E-state index in [1.54, 1.807) is 0 Å². The van der Waals surface area contributed by atoms with Crippen molar-refractivity contribution in [2.24, 2.45) is 0 Å². The Balaban J connectivity index is 1.35. The van der Waals surface area contributed by atoms with Crippen molar-refractivity contribution in [3.8, 4) is 11.8 Å². The zero-order valence-electron chi connectivity index (χ0n) is 15.6. The van der Waals surface area contributed by atoms with Gasteiger partial charge in [-0.2, -0.15) is 5.26 Å². The third-order valence-electron chi connectivity index (χ3n) is 4.83. The maximum absolute atomic E-state index is 10.3. The standard InChI is InChI=1S/C22H27N3O2/c23-11-10-19-6-8-22(9-7-19)27-18-21(26)17-25-14-12-24(13-15-25)16-20-4-2-1-3-5-20/h1-9,21,26H,10,12-18H2. The smallest absolute Gasteiger partial charge is 0.119 e. The zero-order valence-corrected chi connectivity index (χ0v) is 15.6. The fourth-order valence-electron chi connectivity index (χ4n) is 3.31. The van der Waals surface area contributed by atoms with Crippen molar-refractivity contribution < 1.29 is 9.84 Å². The number of rotatable bonds is 8. The van der Waals surface area contributed by atoms with Crippen molar-refractivity contribution >= 4 is 0 Å². The minimum atomic E-state index is -0.510. The highest BCUT2D eigenvalue weighted by molar-refractivity contribution is 5.28. The van der Waals surface area contributed by atoms with Crippen molar-refractivity contribution in [1.29, 1.82) is 5.26 Å². The van der Waals surface area contributed by atoms with Gasteiger partial charge in [0.2, 0.25) is 0 Å². The van der Waals surface area contributed by atoms with Crippen molar-refractivity contribution in [2.45, 2.75) is 19.1 Å². The minimum absolute atomic E-state index is 0.280. The lowest BCUT2D eigenvalue weighted by atomic mass is 10.2.